The van der Waals surface area contributed by atoms with Gasteiger partial charge in [-0.05, 0) is 48.0 Å². The van der Waals surface area contributed by atoms with E-state index in [2.05, 4.69) is 30.3 Å². The zero-order valence-corrected chi connectivity index (χ0v) is 21.7. The summed E-state index contributed by atoms with van der Waals surface area (Å²) in [6.45, 7) is -0.473. The molecule has 0 unspecified atom stereocenters. The third-order valence-electron chi connectivity index (χ3n) is 5.96. The van der Waals surface area contributed by atoms with Crippen molar-refractivity contribution >= 4 is 44.6 Å². The first-order chi connectivity index (χ1) is 19.3. The number of carbonyl (C=O) groups excluding carboxylic acids is 1. The van der Waals surface area contributed by atoms with E-state index in [0.717, 1.165) is 27.8 Å². The number of aromatic amines is 1. The highest BCUT2D eigenvalue weighted by molar-refractivity contribution is 7.89. The van der Waals surface area contributed by atoms with Gasteiger partial charge in [-0.25, -0.2) is 13.4 Å². The molecule has 12 heteroatoms. The quantitative estimate of drug-likeness (QED) is 0.174. The Kier molecular flexibility index (Phi) is 7.53. The minimum Gasteiger partial charge on any atom is -0.480 e. The van der Waals surface area contributed by atoms with Crippen LogP contribution in [0.15, 0.2) is 102 Å². The number of rotatable bonds is 10. The van der Waals surface area contributed by atoms with Crippen LogP contribution in [0.2, 0.25) is 0 Å². The first-order valence-electron chi connectivity index (χ1n) is 12.2. The number of nitrogens with zero attached hydrogens (tertiary/aromatic N) is 2. The van der Waals surface area contributed by atoms with Crippen molar-refractivity contribution in [1.82, 2.24) is 25.0 Å². The molecular formula is C28H24N6O5S. The van der Waals surface area contributed by atoms with Gasteiger partial charge in [0.1, 0.15) is 11.7 Å². The van der Waals surface area contributed by atoms with Crippen LogP contribution in [-0.2, 0) is 14.8 Å². The van der Waals surface area contributed by atoms with Crippen molar-refractivity contribution in [1.29, 1.82) is 0 Å². The predicted molar refractivity (Wildman–Crippen MR) is 150 cm³/mol. The van der Waals surface area contributed by atoms with Gasteiger partial charge >= 0.3 is 5.97 Å². The largest absolute Gasteiger partial charge is 0.480 e. The van der Waals surface area contributed by atoms with E-state index in [1.807, 2.05) is 48.5 Å². The van der Waals surface area contributed by atoms with E-state index in [4.69, 9.17) is 0 Å². The summed E-state index contributed by atoms with van der Waals surface area (Å²) >= 11 is 0. The molecule has 0 aliphatic rings. The van der Waals surface area contributed by atoms with Crippen LogP contribution in [0.1, 0.15) is 10.5 Å². The van der Waals surface area contributed by atoms with Crippen LogP contribution >= 0.6 is 0 Å². The van der Waals surface area contributed by atoms with Crippen LogP contribution < -0.4 is 15.4 Å². The highest BCUT2D eigenvalue weighted by Crippen LogP contribution is 2.24. The number of sulfonamides is 1. The van der Waals surface area contributed by atoms with E-state index in [1.165, 1.54) is 36.5 Å². The standard InChI is InChI=1S/C28H24N6O5S/c35-26(30-17-25(27(36)37)34-40(38,39)21-9-2-1-3-10-21)24-14-13-19(16-29-24)18-7-6-8-20(15-18)31-28-32-22-11-4-5-12-23(22)33-28/h1-16,25,34H,17H2,(H,30,35)(H,36,37)(H2,31,32,33)/t25-/m0/s1. The van der Waals surface area contributed by atoms with Crippen molar-refractivity contribution in [3.05, 3.63) is 103 Å². The fraction of sp³-hybridized carbons (Fsp3) is 0.0714. The molecule has 2 aromatic heterocycles. The number of carboxylic acids is 1. The van der Waals surface area contributed by atoms with Gasteiger partial charge in [-0.1, -0.05) is 48.5 Å². The predicted octanol–water partition coefficient (Wildman–Crippen LogP) is 3.53. The average molecular weight is 557 g/mol. The summed E-state index contributed by atoms with van der Waals surface area (Å²) in [6.07, 6.45) is 1.53. The van der Waals surface area contributed by atoms with Gasteiger partial charge < -0.3 is 20.7 Å². The number of fused-ring (bicyclic) bond motifs is 1. The summed E-state index contributed by atoms with van der Waals surface area (Å²) in [4.78, 5) is 36.1. The minimum atomic E-state index is -4.09. The molecule has 0 aliphatic carbocycles. The number of imidazole rings is 1. The Hall–Kier alpha value is -5.07. The number of para-hydroxylation sites is 2. The molecule has 202 valence electrons. The van der Waals surface area contributed by atoms with Crippen LogP contribution in [-0.4, -0.2) is 52.9 Å². The molecule has 5 N–H and O–H groups in total. The van der Waals surface area contributed by atoms with Crippen molar-refractivity contribution in [2.75, 3.05) is 11.9 Å². The number of pyridine rings is 1. The molecule has 0 spiro atoms. The number of carboxylic acid groups (broad SMARTS) is 1. The van der Waals surface area contributed by atoms with Crippen molar-refractivity contribution < 1.29 is 23.1 Å². The second kappa shape index (κ2) is 11.4. The third-order valence-corrected chi connectivity index (χ3v) is 7.45. The second-order valence-corrected chi connectivity index (χ2v) is 10.5. The molecule has 0 fully saturated rings. The Morgan fingerprint density at radius 2 is 1.68 bits per heavy atom. The van der Waals surface area contributed by atoms with E-state index < -0.39 is 34.5 Å². The Balaban J connectivity index is 1.23. The lowest BCUT2D eigenvalue weighted by atomic mass is 10.1. The van der Waals surface area contributed by atoms with Gasteiger partial charge in [0.25, 0.3) is 5.91 Å². The summed E-state index contributed by atoms with van der Waals surface area (Å²) in [5.74, 6) is -1.47. The van der Waals surface area contributed by atoms with Gasteiger partial charge in [0, 0.05) is 24.0 Å². The van der Waals surface area contributed by atoms with Gasteiger partial charge in [-0.15, -0.1) is 0 Å². The van der Waals surface area contributed by atoms with E-state index >= 15 is 0 Å². The summed E-state index contributed by atoms with van der Waals surface area (Å²) in [5.41, 5.74) is 4.22. The first kappa shape index (κ1) is 26.5. The fourth-order valence-electron chi connectivity index (χ4n) is 3.94. The van der Waals surface area contributed by atoms with E-state index in [0.29, 0.717) is 5.95 Å². The van der Waals surface area contributed by atoms with Crippen LogP contribution in [0, 0.1) is 0 Å². The molecule has 3 aromatic carbocycles. The number of hydrogen-bond acceptors (Lipinski definition) is 7. The first-order valence-corrected chi connectivity index (χ1v) is 13.6. The number of nitrogens with one attached hydrogen (secondary N) is 4. The highest BCUT2D eigenvalue weighted by atomic mass is 32.2. The van der Waals surface area contributed by atoms with Gasteiger partial charge in [0.15, 0.2) is 0 Å². The molecule has 0 saturated carbocycles. The summed E-state index contributed by atoms with van der Waals surface area (Å²) in [6, 6.07) is 24.3. The maximum absolute atomic E-state index is 12.6. The number of benzene rings is 3. The zero-order chi connectivity index (χ0) is 28.1. The number of anilines is 2. The smallest absolute Gasteiger partial charge is 0.323 e. The van der Waals surface area contributed by atoms with Crippen molar-refractivity contribution in [2.45, 2.75) is 10.9 Å². The van der Waals surface area contributed by atoms with Crippen LogP contribution in [0.25, 0.3) is 22.2 Å². The lowest BCUT2D eigenvalue weighted by Crippen LogP contribution is -2.48. The Morgan fingerprint density at radius 3 is 2.40 bits per heavy atom. The number of aliphatic carboxylic acids is 1. The molecule has 5 aromatic rings. The fourth-order valence-corrected chi connectivity index (χ4v) is 5.15. The summed E-state index contributed by atoms with van der Waals surface area (Å²) < 4.78 is 27.1. The lowest BCUT2D eigenvalue weighted by Gasteiger charge is -2.15. The number of hydrogen-bond donors (Lipinski definition) is 5. The second-order valence-electron chi connectivity index (χ2n) is 8.78. The maximum atomic E-state index is 12.6. The zero-order valence-electron chi connectivity index (χ0n) is 20.9. The Labute approximate surface area is 229 Å². The molecule has 0 saturated heterocycles. The molecule has 1 amide bonds. The van der Waals surface area contributed by atoms with Gasteiger partial charge in [-0.3, -0.25) is 14.6 Å². The van der Waals surface area contributed by atoms with Gasteiger partial charge in [0.2, 0.25) is 16.0 Å². The van der Waals surface area contributed by atoms with Gasteiger partial charge in [-0.2, -0.15) is 4.72 Å². The average Bonchev–Trinajstić information content (AvgIpc) is 3.38. The molecule has 0 radical (unpaired) electrons. The molecule has 1 atom stereocenters. The summed E-state index contributed by atoms with van der Waals surface area (Å²) in [7, 11) is -4.09. The molecule has 40 heavy (non-hydrogen) atoms. The lowest BCUT2D eigenvalue weighted by molar-refractivity contribution is -0.138. The van der Waals surface area contributed by atoms with E-state index in [-0.39, 0.29) is 10.6 Å². The summed E-state index contributed by atoms with van der Waals surface area (Å²) in [5, 5.41) is 15.2. The number of H-pyrrole nitrogens is 1. The van der Waals surface area contributed by atoms with Crippen LogP contribution in [0.5, 0.6) is 0 Å². The normalized spacial score (nSPS) is 12.1. The Morgan fingerprint density at radius 1 is 0.900 bits per heavy atom. The molecule has 11 nitrogen and oxygen atoms in total. The SMILES string of the molecule is O=C(NC[C@H](NS(=O)(=O)c1ccccc1)C(=O)O)c1ccc(-c2cccc(Nc3nc4ccccc4[nH]3)c2)cn1. The molecule has 0 bridgehead atoms. The minimum absolute atomic E-state index is 0.0513. The Bertz CT molecular complexity index is 1740. The van der Waals surface area contributed by atoms with E-state index in [1.54, 1.807) is 12.1 Å². The van der Waals surface area contributed by atoms with Crippen LogP contribution in [0.3, 0.4) is 0 Å². The molecule has 5 rings (SSSR count). The molecular weight excluding hydrogens is 532 g/mol. The van der Waals surface area contributed by atoms with Crippen molar-refractivity contribution in [2.24, 2.45) is 0 Å². The topological polar surface area (TPSA) is 166 Å². The third kappa shape index (κ3) is 6.14. The maximum Gasteiger partial charge on any atom is 0.323 e. The molecule has 0 aliphatic heterocycles. The number of amides is 1. The highest BCUT2D eigenvalue weighted by Gasteiger charge is 2.26. The van der Waals surface area contributed by atoms with Crippen molar-refractivity contribution in [3.8, 4) is 11.1 Å². The van der Waals surface area contributed by atoms with E-state index in [9.17, 15) is 23.1 Å². The van der Waals surface area contributed by atoms with Crippen LogP contribution in [0.4, 0.5) is 11.6 Å². The van der Waals surface area contributed by atoms with Gasteiger partial charge in [0.05, 0.1) is 15.9 Å². The monoisotopic (exact) mass is 556 g/mol. The number of carbonyl (C=O) groups is 2. The van der Waals surface area contributed by atoms with Crippen molar-refractivity contribution in [3.63, 3.8) is 0 Å². The number of aromatic nitrogens is 3. The molecule has 2 heterocycles.